The van der Waals surface area contributed by atoms with Crippen LogP contribution in [0.4, 0.5) is 5.69 Å². The molecule has 0 saturated heterocycles. The smallest absolute Gasteiger partial charge is 0.224 e. The molecule has 0 aliphatic rings. The average molecular weight is 286 g/mol. The Morgan fingerprint density at radius 1 is 1.24 bits per heavy atom. The zero-order valence-corrected chi connectivity index (χ0v) is 13.0. The molecule has 0 radical (unpaired) electrons. The van der Waals surface area contributed by atoms with Crippen LogP contribution in [0.15, 0.2) is 24.3 Å². The number of aromatic amines is 1. The fourth-order valence-electron chi connectivity index (χ4n) is 2.18. The molecule has 0 aliphatic heterocycles. The summed E-state index contributed by atoms with van der Waals surface area (Å²) in [7, 11) is 3.99. The van der Waals surface area contributed by atoms with E-state index >= 15 is 0 Å². The van der Waals surface area contributed by atoms with Gasteiger partial charge in [-0.3, -0.25) is 9.89 Å². The van der Waals surface area contributed by atoms with Gasteiger partial charge in [0.05, 0.1) is 12.1 Å². The molecular weight excluding hydrogens is 264 g/mol. The molecule has 1 amide bonds. The number of nitrogens with one attached hydrogen (secondary N) is 2. The summed E-state index contributed by atoms with van der Waals surface area (Å²) in [6.07, 6.45) is 0.393. The Bertz CT molecular complexity index is 594. The highest BCUT2D eigenvalue weighted by Gasteiger charge is 2.09. The number of hydrogen-bond donors (Lipinski definition) is 2. The minimum absolute atomic E-state index is 0.0209. The highest BCUT2D eigenvalue weighted by Crippen LogP contribution is 2.13. The van der Waals surface area contributed by atoms with E-state index in [2.05, 4.69) is 15.5 Å². The summed E-state index contributed by atoms with van der Waals surface area (Å²) in [4.78, 5) is 14.0. The molecule has 0 saturated carbocycles. The van der Waals surface area contributed by atoms with E-state index in [1.54, 1.807) is 0 Å². The molecule has 21 heavy (non-hydrogen) atoms. The van der Waals surface area contributed by atoms with Gasteiger partial charge < -0.3 is 10.2 Å². The van der Waals surface area contributed by atoms with Crippen LogP contribution < -0.4 is 10.2 Å². The standard InChI is InChI=1S/C16H22N4O/c1-11-15(12(2)19-18-11)10-17-16(21)9-13-5-7-14(8-6-13)20(3)4/h5-8H,9-10H2,1-4H3,(H,17,21)(H,18,19). The summed E-state index contributed by atoms with van der Waals surface area (Å²) < 4.78 is 0. The fraction of sp³-hybridized carbons (Fsp3) is 0.375. The second-order valence-corrected chi connectivity index (χ2v) is 5.43. The second kappa shape index (κ2) is 6.43. The largest absolute Gasteiger partial charge is 0.378 e. The Labute approximate surface area is 125 Å². The topological polar surface area (TPSA) is 61.0 Å². The summed E-state index contributed by atoms with van der Waals surface area (Å²) in [5.41, 5.74) is 5.14. The molecule has 0 bridgehead atoms. The van der Waals surface area contributed by atoms with Crippen molar-refractivity contribution in [3.63, 3.8) is 0 Å². The number of aryl methyl sites for hydroxylation is 2. The SMILES string of the molecule is Cc1n[nH]c(C)c1CNC(=O)Cc1ccc(N(C)C)cc1. The molecule has 0 atom stereocenters. The van der Waals surface area contributed by atoms with Crippen LogP contribution in [0.1, 0.15) is 22.5 Å². The Hall–Kier alpha value is -2.30. The van der Waals surface area contributed by atoms with Gasteiger partial charge in [-0.1, -0.05) is 12.1 Å². The van der Waals surface area contributed by atoms with Gasteiger partial charge in [-0.15, -0.1) is 0 Å². The summed E-state index contributed by atoms with van der Waals surface area (Å²) in [6.45, 7) is 4.41. The van der Waals surface area contributed by atoms with Crippen LogP contribution in [0.25, 0.3) is 0 Å². The maximum atomic E-state index is 12.0. The third-order valence-corrected chi connectivity index (χ3v) is 3.56. The first-order valence-electron chi connectivity index (χ1n) is 7.00. The highest BCUT2D eigenvalue weighted by atomic mass is 16.1. The molecule has 5 heteroatoms. The van der Waals surface area contributed by atoms with Crippen LogP contribution in [0.2, 0.25) is 0 Å². The monoisotopic (exact) mass is 286 g/mol. The molecule has 0 fully saturated rings. The van der Waals surface area contributed by atoms with Gasteiger partial charge in [0, 0.05) is 37.6 Å². The summed E-state index contributed by atoms with van der Waals surface area (Å²) in [5, 5.41) is 9.99. The third-order valence-electron chi connectivity index (χ3n) is 3.56. The van der Waals surface area contributed by atoms with Crippen molar-refractivity contribution in [2.45, 2.75) is 26.8 Å². The molecule has 112 valence electrons. The molecule has 0 spiro atoms. The molecule has 2 aromatic rings. The molecule has 1 heterocycles. The van der Waals surface area contributed by atoms with Crippen LogP contribution in [0, 0.1) is 13.8 Å². The van der Waals surface area contributed by atoms with E-state index in [-0.39, 0.29) is 5.91 Å². The first-order chi connectivity index (χ1) is 9.97. The molecular formula is C16H22N4O. The highest BCUT2D eigenvalue weighted by molar-refractivity contribution is 5.78. The Balaban J connectivity index is 1.90. The number of carbonyl (C=O) groups is 1. The molecule has 2 rings (SSSR count). The van der Waals surface area contributed by atoms with Crippen LogP contribution in [-0.4, -0.2) is 30.2 Å². The Morgan fingerprint density at radius 3 is 2.43 bits per heavy atom. The van der Waals surface area contributed by atoms with Crippen molar-refractivity contribution in [3.8, 4) is 0 Å². The number of aromatic nitrogens is 2. The van der Waals surface area contributed by atoms with Crippen molar-refractivity contribution in [1.82, 2.24) is 15.5 Å². The number of rotatable bonds is 5. The van der Waals surface area contributed by atoms with E-state index < -0.39 is 0 Å². The van der Waals surface area contributed by atoms with Crippen molar-refractivity contribution in [2.75, 3.05) is 19.0 Å². The van der Waals surface area contributed by atoms with Crippen molar-refractivity contribution < 1.29 is 4.79 Å². The predicted molar refractivity (Wildman–Crippen MR) is 84.4 cm³/mol. The van der Waals surface area contributed by atoms with Crippen molar-refractivity contribution in [2.24, 2.45) is 0 Å². The van der Waals surface area contributed by atoms with Gasteiger partial charge in [0.15, 0.2) is 0 Å². The number of carbonyl (C=O) groups excluding carboxylic acids is 1. The summed E-state index contributed by atoms with van der Waals surface area (Å²) >= 11 is 0. The lowest BCUT2D eigenvalue weighted by molar-refractivity contribution is -0.120. The third kappa shape index (κ3) is 3.84. The Morgan fingerprint density at radius 2 is 1.90 bits per heavy atom. The van der Waals surface area contributed by atoms with Gasteiger partial charge in [0.2, 0.25) is 5.91 Å². The molecule has 0 unspecified atom stereocenters. The lowest BCUT2D eigenvalue weighted by Crippen LogP contribution is -2.25. The minimum atomic E-state index is 0.0209. The zero-order chi connectivity index (χ0) is 15.4. The van der Waals surface area contributed by atoms with Gasteiger partial charge >= 0.3 is 0 Å². The molecule has 2 N–H and O–H groups in total. The molecule has 5 nitrogen and oxygen atoms in total. The van der Waals surface area contributed by atoms with Gasteiger partial charge in [0.25, 0.3) is 0 Å². The van der Waals surface area contributed by atoms with Gasteiger partial charge in [-0.05, 0) is 31.5 Å². The number of amides is 1. The van der Waals surface area contributed by atoms with E-state index in [9.17, 15) is 4.79 Å². The van der Waals surface area contributed by atoms with E-state index in [0.717, 1.165) is 28.2 Å². The predicted octanol–water partition coefficient (Wildman–Crippen LogP) is 1.95. The molecule has 1 aromatic heterocycles. The summed E-state index contributed by atoms with van der Waals surface area (Å²) in [6, 6.07) is 8.02. The quantitative estimate of drug-likeness (QED) is 0.883. The first kappa shape index (κ1) is 15.1. The van der Waals surface area contributed by atoms with Crippen LogP contribution in [0.3, 0.4) is 0 Å². The second-order valence-electron chi connectivity index (χ2n) is 5.43. The lowest BCUT2D eigenvalue weighted by atomic mass is 10.1. The van der Waals surface area contributed by atoms with Gasteiger partial charge in [0.1, 0.15) is 0 Å². The van der Waals surface area contributed by atoms with Crippen LogP contribution in [-0.2, 0) is 17.8 Å². The van der Waals surface area contributed by atoms with Crippen LogP contribution >= 0.6 is 0 Å². The molecule has 0 aliphatic carbocycles. The van der Waals surface area contributed by atoms with E-state index in [1.165, 1.54) is 0 Å². The van der Waals surface area contributed by atoms with E-state index in [4.69, 9.17) is 0 Å². The van der Waals surface area contributed by atoms with E-state index in [0.29, 0.717) is 13.0 Å². The average Bonchev–Trinajstić information content (AvgIpc) is 2.76. The van der Waals surface area contributed by atoms with E-state index in [1.807, 2.05) is 57.1 Å². The first-order valence-corrected chi connectivity index (χ1v) is 7.00. The van der Waals surface area contributed by atoms with Gasteiger partial charge in [-0.2, -0.15) is 5.10 Å². The van der Waals surface area contributed by atoms with Gasteiger partial charge in [-0.25, -0.2) is 0 Å². The normalized spacial score (nSPS) is 10.5. The minimum Gasteiger partial charge on any atom is -0.378 e. The van der Waals surface area contributed by atoms with Crippen molar-refractivity contribution >= 4 is 11.6 Å². The number of H-pyrrole nitrogens is 1. The number of benzene rings is 1. The maximum Gasteiger partial charge on any atom is 0.224 e. The Kier molecular flexibility index (Phi) is 4.62. The fourth-order valence-corrected chi connectivity index (χ4v) is 2.18. The maximum absolute atomic E-state index is 12.0. The lowest BCUT2D eigenvalue weighted by Gasteiger charge is -2.12. The van der Waals surface area contributed by atoms with Crippen molar-refractivity contribution in [3.05, 3.63) is 46.8 Å². The molecule has 1 aromatic carbocycles. The number of hydrogen-bond acceptors (Lipinski definition) is 3. The number of anilines is 1. The van der Waals surface area contributed by atoms with Crippen LogP contribution in [0.5, 0.6) is 0 Å². The number of nitrogens with zero attached hydrogens (tertiary/aromatic N) is 2. The summed E-state index contributed by atoms with van der Waals surface area (Å²) in [5.74, 6) is 0.0209. The van der Waals surface area contributed by atoms with Crippen molar-refractivity contribution in [1.29, 1.82) is 0 Å². The zero-order valence-electron chi connectivity index (χ0n) is 13.0.